The normalized spacial score (nSPS) is 16.3. The number of fused-ring (bicyclic) bond motifs is 1. The van der Waals surface area contributed by atoms with Gasteiger partial charge >= 0.3 is 0 Å². The Morgan fingerprint density at radius 3 is 2.36 bits per heavy atom. The molecule has 0 spiro atoms. The third-order valence-corrected chi connectivity index (χ3v) is 11.4. The van der Waals surface area contributed by atoms with Crippen LogP contribution in [0.4, 0.5) is 5.95 Å². The molecule has 7 rings (SSSR count). The summed E-state index contributed by atoms with van der Waals surface area (Å²) in [5, 5.41) is 0.686. The number of aromatic nitrogens is 3. The summed E-state index contributed by atoms with van der Waals surface area (Å²) in [6.45, 7) is 4.59. The molecule has 1 fully saturated rings. The molecule has 5 aromatic rings. The second-order valence-corrected chi connectivity index (χ2v) is 14.8. The Bertz CT molecular complexity index is 1950. The molecule has 9 nitrogen and oxygen atoms in total. The molecule has 0 N–H and O–H groups in total. The minimum atomic E-state index is -3.63. The van der Waals surface area contributed by atoms with Crippen LogP contribution >= 0.6 is 11.3 Å². The van der Waals surface area contributed by atoms with Crippen molar-refractivity contribution in [2.45, 2.75) is 50.0 Å². The first kappa shape index (κ1) is 31.3. The maximum absolute atomic E-state index is 13.4. The zero-order chi connectivity index (χ0) is 32.2. The topological polar surface area (TPSA) is 97.8 Å². The van der Waals surface area contributed by atoms with E-state index in [9.17, 15) is 8.42 Å². The smallest absolute Gasteiger partial charge is 0.274 e. The lowest BCUT2D eigenvalue weighted by atomic mass is 10.0. The summed E-state index contributed by atoms with van der Waals surface area (Å²) in [5.41, 5.74) is 4.31. The first-order chi connectivity index (χ1) is 22.9. The highest BCUT2D eigenvalue weighted by atomic mass is 32.2. The Morgan fingerprint density at radius 2 is 1.66 bits per heavy atom. The van der Waals surface area contributed by atoms with E-state index in [1.165, 1.54) is 9.87 Å². The first-order valence-corrected chi connectivity index (χ1v) is 18.4. The van der Waals surface area contributed by atoms with Crippen LogP contribution in [-0.2, 0) is 16.4 Å². The molecule has 0 saturated carbocycles. The Labute approximate surface area is 279 Å². The number of ether oxygens (including phenoxy) is 2. The van der Waals surface area contributed by atoms with E-state index in [1.54, 1.807) is 35.6 Å². The van der Waals surface area contributed by atoms with E-state index in [1.807, 2.05) is 54.9 Å². The number of aryl methyl sites for hydroxylation is 1. The van der Waals surface area contributed by atoms with Crippen LogP contribution in [0.25, 0.3) is 15.8 Å². The molecule has 0 unspecified atom stereocenters. The molecule has 11 heteroatoms. The van der Waals surface area contributed by atoms with Gasteiger partial charge in [0.25, 0.3) is 5.19 Å². The van der Waals surface area contributed by atoms with Crippen LogP contribution in [0.15, 0.2) is 96.2 Å². The molecule has 0 atom stereocenters. The van der Waals surface area contributed by atoms with E-state index in [2.05, 4.69) is 33.9 Å². The van der Waals surface area contributed by atoms with Gasteiger partial charge in [-0.05, 0) is 78.1 Å². The highest BCUT2D eigenvalue weighted by Gasteiger charge is 2.27. The predicted molar refractivity (Wildman–Crippen MR) is 186 cm³/mol. The Hall–Kier alpha value is -4.32. The van der Waals surface area contributed by atoms with Crippen molar-refractivity contribution in [1.29, 1.82) is 0 Å². The van der Waals surface area contributed by atoms with Crippen molar-refractivity contribution >= 4 is 43.1 Å². The largest absolute Gasteiger partial charge is 0.467 e. The zero-order valence-electron chi connectivity index (χ0n) is 26.3. The van der Waals surface area contributed by atoms with Crippen LogP contribution in [0.3, 0.4) is 0 Å². The lowest BCUT2D eigenvalue weighted by Crippen LogP contribution is -2.39. The number of thiazole rings is 1. The number of benzene rings is 3. The number of hydrogen-bond acceptors (Lipinski definition) is 9. The molecule has 0 amide bonds. The molecule has 2 aliphatic heterocycles. The third kappa shape index (κ3) is 7.17. The van der Waals surface area contributed by atoms with Crippen molar-refractivity contribution in [3.05, 3.63) is 102 Å². The number of anilines is 1. The molecule has 242 valence electrons. The van der Waals surface area contributed by atoms with Gasteiger partial charge in [-0.1, -0.05) is 55.0 Å². The van der Waals surface area contributed by atoms with Gasteiger partial charge in [0.2, 0.25) is 16.0 Å². The zero-order valence-corrected chi connectivity index (χ0v) is 27.9. The molecule has 2 aliphatic rings. The SMILES string of the molecule is CCCc1cnc(N2CCC(Oc3nc4ccc(C5=CCN(S(=O)(=O)c6ccc(Oc7ccccc7)cc6)CC5)cc4s3)CC2)nc1. The summed E-state index contributed by atoms with van der Waals surface area (Å²) >= 11 is 1.56. The molecule has 0 aliphatic carbocycles. The fourth-order valence-corrected chi connectivity index (χ4v) is 8.28. The molecule has 4 heterocycles. The summed E-state index contributed by atoms with van der Waals surface area (Å²) < 4.78 is 41.5. The van der Waals surface area contributed by atoms with Gasteiger partial charge in [-0.3, -0.25) is 0 Å². The van der Waals surface area contributed by atoms with Crippen molar-refractivity contribution in [2.75, 3.05) is 31.1 Å². The van der Waals surface area contributed by atoms with Crippen molar-refractivity contribution < 1.29 is 17.9 Å². The number of rotatable bonds is 10. The summed E-state index contributed by atoms with van der Waals surface area (Å²) in [6, 6.07) is 22.3. The first-order valence-electron chi connectivity index (χ1n) is 16.1. The van der Waals surface area contributed by atoms with Crippen LogP contribution in [0.1, 0.15) is 43.7 Å². The van der Waals surface area contributed by atoms with Crippen LogP contribution in [0.5, 0.6) is 16.7 Å². The second-order valence-electron chi connectivity index (χ2n) is 11.8. The lowest BCUT2D eigenvalue weighted by Gasteiger charge is -2.31. The summed E-state index contributed by atoms with van der Waals surface area (Å²) in [5.74, 6) is 2.08. The van der Waals surface area contributed by atoms with Gasteiger partial charge in [-0.25, -0.2) is 23.4 Å². The van der Waals surface area contributed by atoms with Crippen molar-refractivity contribution in [3.63, 3.8) is 0 Å². The van der Waals surface area contributed by atoms with Gasteiger partial charge in [-0.15, -0.1) is 0 Å². The van der Waals surface area contributed by atoms with Gasteiger partial charge in [0.1, 0.15) is 17.6 Å². The van der Waals surface area contributed by atoms with Gasteiger partial charge in [-0.2, -0.15) is 4.31 Å². The highest BCUT2D eigenvalue weighted by molar-refractivity contribution is 7.89. The molecule has 3 aromatic carbocycles. The van der Waals surface area contributed by atoms with E-state index >= 15 is 0 Å². The number of para-hydroxylation sites is 1. The molecule has 47 heavy (non-hydrogen) atoms. The number of sulfonamides is 1. The molecule has 2 aromatic heterocycles. The summed E-state index contributed by atoms with van der Waals surface area (Å²) in [7, 11) is -3.63. The van der Waals surface area contributed by atoms with Crippen LogP contribution in [0.2, 0.25) is 0 Å². The fraction of sp³-hybridized carbons (Fsp3) is 0.306. The van der Waals surface area contributed by atoms with E-state index in [4.69, 9.17) is 14.5 Å². The standard InChI is InChI=1S/C36H37N5O4S2/c1-2-6-26-24-37-35(38-25-26)40-19-17-31(18-20-40)45-36-39-33-14-9-28(23-34(33)46-36)27-15-21-41(22-16-27)47(42,43)32-12-10-30(11-13-32)44-29-7-4-3-5-8-29/h3-5,7-15,23-25,31H,2,6,16-22H2,1H3. The Balaban J connectivity index is 0.950. The Morgan fingerprint density at radius 1 is 0.915 bits per heavy atom. The third-order valence-electron chi connectivity index (χ3n) is 8.57. The minimum Gasteiger partial charge on any atom is -0.467 e. The quantitative estimate of drug-likeness (QED) is 0.153. The van der Waals surface area contributed by atoms with Gasteiger partial charge < -0.3 is 14.4 Å². The van der Waals surface area contributed by atoms with E-state index < -0.39 is 10.0 Å². The predicted octanol–water partition coefficient (Wildman–Crippen LogP) is 7.36. The van der Waals surface area contributed by atoms with Gasteiger partial charge in [0.15, 0.2) is 0 Å². The van der Waals surface area contributed by atoms with Crippen molar-refractivity contribution in [3.8, 4) is 16.7 Å². The number of piperidine rings is 1. The molecule has 0 radical (unpaired) electrons. The lowest BCUT2D eigenvalue weighted by molar-refractivity contribution is 0.170. The van der Waals surface area contributed by atoms with Crippen LogP contribution in [-0.4, -0.2) is 60.0 Å². The monoisotopic (exact) mass is 667 g/mol. The summed E-state index contributed by atoms with van der Waals surface area (Å²) in [4.78, 5) is 16.4. The van der Waals surface area contributed by atoms with Crippen molar-refractivity contribution in [2.24, 2.45) is 0 Å². The number of nitrogens with zero attached hydrogens (tertiary/aromatic N) is 5. The summed E-state index contributed by atoms with van der Waals surface area (Å²) in [6.07, 6.45) is 10.5. The fourth-order valence-electron chi connectivity index (χ4n) is 5.98. The van der Waals surface area contributed by atoms with E-state index in [0.717, 1.165) is 66.1 Å². The molecular formula is C36H37N5O4S2. The van der Waals surface area contributed by atoms with Gasteiger partial charge in [0, 0.05) is 51.4 Å². The maximum Gasteiger partial charge on any atom is 0.274 e. The average Bonchev–Trinajstić information content (AvgIpc) is 3.51. The Kier molecular flexibility index (Phi) is 9.19. The van der Waals surface area contributed by atoms with E-state index in [0.29, 0.717) is 36.2 Å². The molecule has 0 bridgehead atoms. The van der Waals surface area contributed by atoms with Crippen molar-refractivity contribution in [1.82, 2.24) is 19.3 Å². The average molecular weight is 668 g/mol. The van der Waals surface area contributed by atoms with E-state index in [-0.39, 0.29) is 11.0 Å². The van der Waals surface area contributed by atoms with Crippen LogP contribution in [0, 0.1) is 0 Å². The minimum absolute atomic E-state index is 0.104. The number of hydrogen-bond donors (Lipinski definition) is 0. The van der Waals surface area contributed by atoms with Gasteiger partial charge in [0.05, 0.1) is 15.1 Å². The maximum atomic E-state index is 13.4. The molecular weight excluding hydrogens is 631 g/mol. The molecule has 1 saturated heterocycles. The second kappa shape index (κ2) is 13.8. The van der Waals surface area contributed by atoms with Crippen LogP contribution < -0.4 is 14.4 Å². The highest BCUT2D eigenvalue weighted by Crippen LogP contribution is 2.34.